The minimum Gasteiger partial charge on any atom is -0.772 e. The molecule has 22 heavy (non-hydrogen) atoms. The number of Topliss-reactive ketones (excluding diaryl/α,β-unsaturated/α-hetero) is 2. The van der Waals surface area contributed by atoms with Crippen LogP contribution in [-0.4, -0.2) is 46.4 Å². The SMILES string of the molecule is CCCC(C(=O)C#CC(=O)C(CCC)S(=O)(=O)OC)S(=O)[O-]. The molecule has 0 saturated carbocycles. The second-order valence-electron chi connectivity index (χ2n) is 4.45. The summed E-state index contributed by atoms with van der Waals surface area (Å²) in [6.07, 6.45) is 0.949. The van der Waals surface area contributed by atoms with Crippen LogP contribution in [0.25, 0.3) is 0 Å². The third kappa shape index (κ3) is 6.36. The van der Waals surface area contributed by atoms with Crippen LogP contribution in [0.1, 0.15) is 39.5 Å². The Morgan fingerprint density at radius 1 is 1.14 bits per heavy atom. The van der Waals surface area contributed by atoms with Crippen molar-refractivity contribution in [2.45, 2.75) is 50.0 Å². The summed E-state index contributed by atoms with van der Waals surface area (Å²) in [5.74, 6) is 1.96. The third-order valence-corrected chi connectivity index (χ3v) is 5.33. The van der Waals surface area contributed by atoms with Crippen LogP contribution in [0.15, 0.2) is 0 Å². The summed E-state index contributed by atoms with van der Waals surface area (Å²) in [6, 6.07) is 0. The van der Waals surface area contributed by atoms with E-state index in [1.807, 2.05) is 11.8 Å². The molecule has 126 valence electrons. The number of carbonyl (C=O) groups excluding carboxylic acids is 2. The zero-order valence-corrected chi connectivity index (χ0v) is 14.3. The van der Waals surface area contributed by atoms with Crippen molar-refractivity contribution in [1.82, 2.24) is 0 Å². The van der Waals surface area contributed by atoms with Crippen LogP contribution in [0.5, 0.6) is 0 Å². The molecule has 0 heterocycles. The van der Waals surface area contributed by atoms with Gasteiger partial charge in [-0.2, -0.15) is 8.42 Å². The van der Waals surface area contributed by atoms with Gasteiger partial charge >= 0.3 is 0 Å². The average Bonchev–Trinajstić information content (AvgIpc) is 2.46. The molecule has 0 aromatic rings. The lowest BCUT2D eigenvalue weighted by Crippen LogP contribution is -2.31. The zero-order valence-electron chi connectivity index (χ0n) is 12.7. The molecule has 9 heteroatoms. The van der Waals surface area contributed by atoms with E-state index in [4.69, 9.17) is 0 Å². The van der Waals surface area contributed by atoms with E-state index in [-0.39, 0.29) is 12.8 Å². The second kappa shape index (κ2) is 9.84. The van der Waals surface area contributed by atoms with Gasteiger partial charge in [0.25, 0.3) is 10.1 Å². The van der Waals surface area contributed by atoms with Gasteiger partial charge in [-0.3, -0.25) is 18.0 Å². The van der Waals surface area contributed by atoms with Crippen LogP contribution in [0, 0.1) is 11.8 Å². The molecule has 0 N–H and O–H groups in total. The van der Waals surface area contributed by atoms with Gasteiger partial charge in [0.2, 0.25) is 11.6 Å². The highest BCUT2D eigenvalue weighted by Crippen LogP contribution is 2.11. The van der Waals surface area contributed by atoms with Gasteiger partial charge in [-0.05, 0) is 35.8 Å². The first-order chi connectivity index (χ1) is 10.2. The molecule has 0 amide bonds. The van der Waals surface area contributed by atoms with Crippen molar-refractivity contribution < 1.29 is 31.0 Å². The molecule has 0 fully saturated rings. The molecule has 0 aromatic carbocycles. The van der Waals surface area contributed by atoms with E-state index in [0.29, 0.717) is 12.8 Å². The van der Waals surface area contributed by atoms with Crippen LogP contribution in [-0.2, 0) is 35.0 Å². The smallest absolute Gasteiger partial charge is 0.278 e. The Bertz CT molecular complexity index is 583. The van der Waals surface area contributed by atoms with Crippen molar-refractivity contribution in [2.75, 3.05) is 7.11 Å². The normalized spacial score (nSPS) is 15.3. The van der Waals surface area contributed by atoms with Crippen LogP contribution >= 0.6 is 0 Å². The van der Waals surface area contributed by atoms with Gasteiger partial charge in [0, 0.05) is 0 Å². The average molecular weight is 351 g/mol. The van der Waals surface area contributed by atoms with Gasteiger partial charge in [0.1, 0.15) is 0 Å². The fraction of sp³-hybridized carbons (Fsp3) is 0.692. The van der Waals surface area contributed by atoms with E-state index in [1.54, 1.807) is 13.8 Å². The predicted octanol–water partition coefficient (Wildman–Crippen LogP) is 0.321. The molecule has 0 radical (unpaired) electrons. The number of ketones is 2. The molecule has 0 saturated heterocycles. The topological polar surface area (TPSA) is 118 Å². The van der Waals surface area contributed by atoms with E-state index in [2.05, 4.69) is 4.18 Å². The molecule has 0 aliphatic rings. The molecule has 0 spiro atoms. The van der Waals surface area contributed by atoms with E-state index in [0.717, 1.165) is 7.11 Å². The fourth-order valence-electron chi connectivity index (χ4n) is 1.65. The minimum absolute atomic E-state index is 0.00372. The Labute approximate surface area is 133 Å². The lowest BCUT2D eigenvalue weighted by Gasteiger charge is -2.14. The molecular formula is C13H19O7S2-. The van der Waals surface area contributed by atoms with Crippen molar-refractivity contribution in [3.63, 3.8) is 0 Å². The van der Waals surface area contributed by atoms with Crippen LogP contribution < -0.4 is 0 Å². The first-order valence-electron chi connectivity index (χ1n) is 6.68. The molecule has 3 unspecified atom stereocenters. The van der Waals surface area contributed by atoms with Gasteiger partial charge in [-0.1, -0.05) is 26.7 Å². The highest BCUT2D eigenvalue weighted by molar-refractivity contribution is 7.88. The number of rotatable bonds is 9. The van der Waals surface area contributed by atoms with Crippen molar-refractivity contribution >= 4 is 32.8 Å². The Morgan fingerprint density at radius 2 is 1.64 bits per heavy atom. The van der Waals surface area contributed by atoms with Crippen molar-refractivity contribution in [3.05, 3.63) is 0 Å². The molecule has 0 bridgehead atoms. The Kier molecular flexibility index (Phi) is 9.36. The molecule has 0 rings (SSSR count). The van der Waals surface area contributed by atoms with Crippen molar-refractivity contribution in [2.24, 2.45) is 0 Å². The van der Waals surface area contributed by atoms with Crippen molar-refractivity contribution in [1.29, 1.82) is 0 Å². The largest absolute Gasteiger partial charge is 0.772 e. The maximum absolute atomic E-state index is 11.9. The van der Waals surface area contributed by atoms with Gasteiger partial charge in [0.05, 0.1) is 12.4 Å². The van der Waals surface area contributed by atoms with Gasteiger partial charge in [0.15, 0.2) is 5.25 Å². The maximum Gasteiger partial charge on any atom is 0.278 e. The fourth-order valence-corrected chi connectivity index (χ4v) is 3.39. The number of carbonyl (C=O) groups is 2. The number of hydrogen-bond donors (Lipinski definition) is 0. The minimum atomic E-state index is -4.10. The van der Waals surface area contributed by atoms with Crippen molar-refractivity contribution in [3.8, 4) is 11.8 Å². The summed E-state index contributed by atoms with van der Waals surface area (Å²) >= 11 is -2.64. The molecule has 0 aromatic heterocycles. The summed E-state index contributed by atoms with van der Waals surface area (Å²) in [4.78, 5) is 23.5. The highest BCUT2D eigenvalue weighted by Gasteiger charge is 2.31. The second-order valence-corrected chi connectivity index (χ2v) is 7.43. The molecule has 0 aliphatic heterocycles. The van der Waals surface area contributed by atoms with E-state index in [1.165, 1.54) is 0 Å². The number of hydrogen-bond acceptors (Lipinski definition) is 7. The van der Waals surface area contributed by atoms with Crippen LogP contribution in [0.3, 0.4) is 0 Å². The standard InChI is InChI=1S/C13H20O7S2/c1-4-6-12(21(16)17)10(14)8-9-11(15)13(7-5-2)22(18,19)20-3/h12-13H,4-7H2,1-3H3,(H,16,17)/p-1. The first kappa shape index (κ1) is 20.9. The quantitative estimate of drug-likeness (QED) is 0.254. The predicted molar refractivity (Wildman–Crippen MR) is 80.0 cm³/mol. The van der Waals surface area contributed by atoms with E-state index < -0.39 is 43.3 Å². The summed E-state index contributed by atoms with van der Waals surface area (Å²) in [5.41, 5.74) is 0. The van der Waals surface area contributed by atoms with E-state index >= 15 is 0 Å². The van der Waals surface area contributed by atoms with Crippen LogP contribution in [0.2, 0.25) is 0 Å². The monoisotopic (exact) mass is 351 g/mol. The lowest BCUT2D eigenvalue weighted by molar-refractivity contribution is -0.115. The zero-order chi connectivity index (χ0) is 17.3. The first-order valence-corrected chi connectivity index (χ1v) is 9.29. The van der Waals surface area contributed by atoms with Crippen LogP contribution in [0.4, 0.5) is 0 Å². The van der Waals surface area contributed by atoms with Gasteiger partial charge in [-0.25, -0.2) is 0 Å². The molecule has 7 nitrogen and oxygen atoms in total. The Hall–Kier alpha value is -1.08. The van der Waals surface area contributed by atoms with Gasteiger partial charge < -0.3 is 4.55 Å². The van der Waals surface area contributed by atoms with Gasteiger partial charge in [-0.15, -0.1) is 0 Å². The molecular weight excluding hydrogens is 332 g/mol. The van der Waals surface area contributed by atoms with E-state index in [9.17, 15) is 26.8 Å². The maximum atomic E-state index is 11.9. The summed E-state index contributed by atoms with van der Waals surface area (Å²) in [5, 5.41) is -2.79. The highest BCUT2D eigenvalue weighted by atomic mass is 32.2. The molecule has 0 aliphatic carbocycles. The molecule has 3 atom stereocenters. The summed E-state index contributed by atoms with van der Waals surface area (Å²) in [7, 11) is -3.17. The summed E-state index contributed by atoms with van der Waals surface area (Å²) < 4.78 is 49.4. The Morgan fingerprint density at radius 3 is 2.05 bits per heavy atom. The Balaban J connectivity index is 5.25. The lowest BCUT2D eigenvalue weighted by atomic mass is 10.1. The summed E-state index contributed by atoms with van der Waals surface area (Å²) in [6.45, 7) is 3.38. The third-order valence-electron chi connectivity index (χ3n) is 2.81.